The second kappa shape index (κ2) is 9.24. The van der Waals surface area contributed by atoms with Crippen LogP contribution in [-0.2, 0) is 15.1 Å². The summed E-state index contributed by atoms with van der Waals surface area (Å²) in [7, 11) is 0. The van der Waals surface area contributed by atoms with Gasteiger partial charge in [0.25, 0.3) is 5.91 Å². The molecule has 1 saturated heterocycles. The molecule has 186 valence electrons. The van der Waals surface area contributed by atoms with Crippen LogP contribution in [0.15, 0.2) is 52.9 Å². The van der Waals surface area contributed by atoms with Crippen molar-refractivity contribution in [2.45, 2.75) is 51.2 Å². The van der Waals surface area contributed by atoms with Gasteiger partial charge in [-0.05, 0) is 47.6 Å². The number of ether oxygens (including phenoxy) is 1. The molecule has 1 saturated carbocycles. The lowest BCUT2D eigenvalue weighted by atomic mass is 9.89. The zero-order chi connectivity index (χ0) is 25.5. The number of nitrogens with one attached hydrogen (secondary N) is 1. The number of aliphatic hydroxyl groups is 1. The van der Waals surface area contributed by atoms with Gasteiger partial charge in [0.15, 0.2) is 11.5 Å². The summed E-state index contributed by atoms with van der Waals surface area (Å²) in [5.74, 6) is 2.49. The number of rotatable bonds is 9. The van der Waals surface area contributed by atoms with Crippen molar-refractivity contribution in [3.8, 4) is 23.5 Å². The van der Waals surface area contributed by atoms with E-state index in [2.05, 4.69) is 11.2 Å². The Balaban J connectivity index is 1.33. The van der Waals surface area contributed by atoms with Gasteiger partial charge in [0.2, 0.25) is 0 Å². The zero-order valence-corrected chi connectivity index (χ0v) is 20.7. The Labute approximate surface area is 211 Å². The SMILES string of the molecule is C#CC1(CC(=O)[C@@H](NC(=O)c2cc3ccc(-c4ccc(C5(O)COC5)cc4)cc3o2)[C@@H](C)CC)CC1. The fraction of sp³-hybridized carbons (Fsp3) is 0.400. The predicted octanol–water partition coefficient (Wildman–Crippen LogP) is 4.83. The minimum Gasteiger partial charge on any atom is -0.451 e. The number of ketones is 1. The highest BCUT2D eigenvalue weighted by atomic mass is 16.5. The first-order valence-corrected chi connectivity index (χ1v) is 12.5. The van der Waals surface area contributed by atoms with Gasteiger partial charge in [-0.2, -0.15) is 0 Å². The van der Waals surface area contributed by atoms with E-state index in [1.165, 1.54) is 0 Å². The summed E-state index contributed by atoms with van der Waals surface area (Å²) in [6.07, 6.45) is 8.41. The molecule has 2 aromatic carbocycles. The van der Waals surface area contributed by atoms with E-state index in [9.17, 15) is 14.7 Å². The summed E-state index contributed by atoms with van der Waals surface area (Å²) in [6.45, 7) is 4.58. The van der Waals surface area contributed by atoms with Crippen LogP contribution in [0.3, 0.4) is 0 Å². The van der Waals surface area contributed by atoms with Crippen molar-refractivity contribution in [1.82, 2.24) is 5.32 Å². The van der Waals surface area contributed by atoms with Crippen LogP contribution in [0.2, 0.25) is 0 Å². The number of benzene rings is 2. The smallest absolute Gasteiger partial charge is 0.287 e. The quantitative estimate of drug-likeness (QED) is 0.424. The molecule has 36 heavy (non-hydrogen) atoms. The largest absolute Gasteiger partial charge is 0.451 e. The van der Waals surface area contributed by atoms with Crippen LogP contribution < -0.4 is 5.32 Å². The van der Waals surface area contributed by atoms with Crippen LogP contribution in [0.1, 0.15) is 55.6 Å². The summed E-state index contributed by atoms with van der Waals surface area (Å²) in [5.41, 5.74) is 2.09. The standard InChI is InChI=1S/C30H31NO5/c1-4-19(3)27(24(32)16-29(5-2)12-13-29)31-28(33)26-15-22-7-6-21(14-25(22)36-26)20-8-10-23(11-9-20)30(34)17-35-18-30/h2,6-11,14-15,19,27,34H,4,12-13,16-18H2,1,3H3,(H,31,33)/t19-,27-/m0/s1. The van der Waals surface area contributed by atoms with Crippen molar-refractivity contribution in [3.63, 3.8) is 0 Å². The molecular formula is C30H31NO5. The normalized spacial score (nSPS) is 19.1. The third-order valence-corrected chi connectivity index (χ3v) is 7.70. The summed E-state index contributed by atoms with van der Waals surface area (Å²) in [4.78, 5) is 26.1. The number of carbonyl (C=O) groups excluding carboxylic acids is 2. The van der Waals surface area contributed by atoms with Crippen LogP contribution in [0, 0.1) is 23.7 Å². The first kappa shape index (κ1) is 24.3. The van der Waals surface area contributed by atoms with E-state index in [0.29, 0.717) is 25.2 Å². The molecule has 0 radical (unpaired) electrons. The van der Waals surface area contributed by atoms with Crippen molar-refractivity contribution in [1.29, 1.82) is 0 Å². The number of amides is 1. The van der Waals surface area contributed by atoms with Crippen molar-refractivity contribution in [3.05, 3.63) is 59.9 Å². The molecule has 2 N–H and O–H groups in total. The third-order valence-electron chi connectivity index (χ3n) is 7.70. The average molecular weight is 486 g/mol. The lowest BCUT2D eigenvalue weighted by Crippen LogP contribution is -2.46. The maximum absolute atomic E-state index is 13.1. The molecular weight excluding hydrogens is 454 g/mol. The molecule has 2 heterocycles. The number of carbonyl (C=O) groups is 2. The lowest BCUT2D eigenvalue weighted by Gasteiger charge is -2.36. The first-order chi connectivity index (χ1) is 17.3. The minimum absolute atomic E-state index is 0.0152. The molecule has 2 aliphatic rings. The molecule has 1 aromatic heterocycles. The average Bonchev–Trinajstić information content (AvgIpc) is 3.51. The van der Waals surface area contributed by atoms with Gasteiger partial charge in [0.1, 0.15) is 11.2 Å². The van der Waals surface area contributed by atoms with Crippen molar-refractivity contribution in [2.24, 2.45) is 11.3 Å². The number of fused-ring (bicyclic) bond motifs is 1. The summed E-state index contributed by atoms with van der Waals surface area (Å²) < 4.78 is 11.1. The summed E-state index contributed by atoms with van der Waals surface area (Å²) in [6, 6.07) is 14.6. The number of hydrogen-bond acceptors (Lipinski definition) is 5. The Morgan fingerprint density at radius 3 is 2.39 bits per heavy atom. The molecule has 1 aliphatic carbocycles. The van der Waals surface area contributed by atoms with Crippen molar-refractivity contribution < 1.29 is 23.8 Å². The Kier molecular flexibility index (Phi) is 6.23. The van der Waals surface area contributed by atoms with Crippen LogP contribution in [0.5, 0.6) is 0 Å². The van der Waals surface area contributed by atoms with Gasteiger partial charge >= 0.3 is 0 Å². The second-order valence-electron chi connectivity index (χ2n) is 10.4. The number of hydrogen-bond donors (Lipinski definition) is 2. The van der Waals surface area contributed by atoms with E-state index in [4.69, 9.17) is 15.6 Å². The van der Waals surface area contributed by atoms with E-state index in [0.717, 1.165) is 41.3 Å². The maximum Gasteiger partial charge on any atom is 0.287 e. The van der Waals surface area contributed by atoms with E-state index in [-0.39, 0.29) is 22.9 Å². The van der Waals surface area contributed by atoms with Gasteiger partial charge < -0.3 is 19.6 Å². The predicted molar refractivity (Wildman–Crippen MR) is 137 cm³/mol. The fourth-order valence-corrected chi connectivity index (χ4v) is 4.71. The molecule has 5 rings (SSSR count). The monoisotopic (exact) mass is 485 g/mol. The molecule has 1 aliphatic heterocycles. The lowest BCUT2D eigenvalue weighted by molar-refractivity contribution is -0.184. The fourth-order valence-electron chi connectivity index (χ4n) is 4.71. The van der Waals surface area contributed by atoms with Gasteiger partial charge in [0.05, 0.1) is 19.3 Å². The van der Waals surface area contributed by atoms with Crippen molar-refractivity contribution in [2.75, 3.05) is 13.2 Å². The van der Waals surface area contributed by atoms with Gasteiger partial charge in [0, 0.05) is 17.2 Å². The van der Waals surface area contributed by atoms with Crippen LogP contribution in [-0.4, -0.2) is 36.1 Å². The molecule has 1 amide bonds. The molecule has 0 spiro atoms. The van der Waals surface area contributed by atoms with Gasteiger partial charge in [-0.15, -0.1) is 6.42 Å². The minimum atomic E-state index is -0.902. The molecule has 6 heteroatoms. The summed E-state index contributed by atoms with van der Waals surface area (Å²) in [5, 5.41) is 14.2. The van der Waals surface area contributed by atoms with Gasteiger partial charge in [-0.1, -0.05) is 62.6 Å². The van der Waals surface area contributed by atoms with Gasteiger partial charge in [-0.25, -0.2) is 0 Å². The van der Waals surface area contributed by atoms with Crippen LogP contribution in [0.4, 0.5) is 0 Å². The van der Waals surface area contributed by atoms with Crippen molar-refractivity contribution >= 4 is 22.7 Å². The van der Waals surface area contributed by atoms with Crippen LogP contribution >= 0.6 is 0 Å². The van der Waals surface area contributed by atoms with E-state index >= 15 is 0 Å². The Morgan fingerprint density at radius 2 is 1.81 bits per heavy atom. The number of furan rings is 1. The third kappa shape index (κ3) is 4.57. The van der Waals surface area contributed by atoms with Crippen LogP contribution in [0.25, 0.3) is 22.1 Å². The highest BCUT2D eigenvalue weighted by Crippen LogP contribution is 2.48. The van der Waals surface area contributed by atoms with E-state index in [1.54, 1.807) is 6.07 Å². The van der Waals surface area contributed by atoms with E-state index in [1.807, 2.05) is 56.3 Å². The highest BCUT2D eigenvalue weighted by molar-refractivity contribution is 5.99. The molecule has 2 fully saturated rings. The number of terminal acetylenes is 1. The Bertz CT molecular complexity index is 1340. The maximum atomic E-state index is 13.1. The molecule has 3 aromatic rings. The molecule has 0 bridgehead atoms. The zero-order valence-electron chi connectivity index (χ0n) is 20.7. The second-order valence-corrected chi connectivity index (χ2v) is 10.4. The number of Topliss-reactive ketones (excluding diaryl/α,β-unsaturated/α-hetero) is 1. The molecule has 2 atom stereocenters. The van der Waals surface area contributed by atoms with Gasteiger partial charge in [-0.3, -0.25) is 9.59 Å². The highest BCUT2D eigenvalue weighted by Gasteiger charge is 2.44. The molecule has 6 nitrogen and oxygen atoms in total. The Morgan fingerprint density at radius 1 is 1.11 bits per heavy atom. The first-order valence-electron chi connectivity index (χ1n) is 12.5. The van der Waals surface area contributed by atoms with E-state index < -0.39 is 17.6 Å². The molecule has 0 unspecified atom stereocenters. The Hall–Kier alpha value is -3.40. The topological polar surface area (TPSA) is 88.8 Å². The summed E-state index contributed by atoms with van der Waals surface area (Å²) >= 11 is 0.